The molecule has 3 rings (SSSR count). The van der Waals surface area contributed by atoms with Crippen molar-refractivity contribution < 1.29 is 0 Å². The van der Waals surface area contributed by atoms with Gasteiger partial charge in [-0.1, -0.05) is 12.1 Å². The first-order chi connectivity index (χ1) is 7.84. The average molecular weight is 213 g/mol. The molecule has 2 heterocycles. The molecule has 82 valence electrons. The van der Waals surface area contributed by atoms with Crippen molar-refractivity contribution in [1.82, 2.24) is 9.38 Å². The van der Waals surface area contributed by atoms with E-state index in [0.717, 1.165) is 18.5 Å². The molecule has 0 aliphatic heterocycles. The third-order valence-corrected chi connectivity index (χ3v) is 3.14. The standard InChI is InChI=1S/C13H15N3/c14-11-5-3-4-10(8-11)12-9-15-13-6-1-2-7-16(12)13/h1-2,6-9,11H,3-5,14H2. The van der Waals surface area contributed by atoms with Gasteiger partial charge < -0.3 is 10.1 Å². The van der Waals surface area contributed by atoms with Gasteiger partial charge in [0.2, 0.25) is 0 Å². The molecule has 0 aromatic carbocycles. The summed E-state index contributed by atoms with van der Waals surface area (Å²) in [4.78, 5) is 4.40. The van der Waals surface area contributed by atoms with Gasteiger partial charge in [-0.15, -0.1) is 0 Å². The van der Waals surface area contributed by atoms with Crippen LogP contribution in [0.25, 0.3) is 11.2 Å². The van der Waals surface area contributed by atoms with Crippen molar-refractivity contribution in [2.75, 3.05) is 0 Å². The van der Waals surface area contributed by atoms with E-state index in [-0.39, 0.29) is 6.04 Å². The second kappa shape index (κ2) is 3.76. The number of nitrogens with two attached hydrogens (primary N) is 1. The van der Waals surface area contributed by atoms with Crippen molar-refractivity contribution in [3.63, 3.8) is 0 Å². The van der Waals surface area contributed by atoms with Crippen molar-refractivity contribution in [1.29, 1.82) is 0 Å². The Morgan fingerprint density at radius 1 is 1.38 bits per heavy atom. The van der Waals surface area contributed by atoms with Crippen molar-refractivity contribution >= 4 is 11.2 Å². The summed E-state index contributed by atoms with van der Waals surface area (Å²) < 4.78 is 2.13. The Balaban J connectivity index is 2.12. The third-order valence-electron chi connectivity index (χ3n) is 3.14. The molecule has 0 saturated heterocycles. The molecular weight excluding hydrogens is 198 g/mol. The molecule has 0 amide bonds. The number of nitrogens with zero attached hydrogens (tertiary/aromatic N) is 2. The van der Waals surface area contributed by atoms with E-state index in [0.29, 0.717) is 0 Å². The molecule has 1 aliphatic carbocycles. The monoisotopic (exact) mass is 213 g/mol. The highest BCUT2D eigenvalue weighted by atomic mass is 15.0. The number of hydrogen-bond acceptors (Lipinski definition) is 2. The van der Waals surface area contributed by atoms with Gasteiger partial charge in [0.05, 0.1) is 11.9 Å². The van der Waals surface area contributed by atoms with Gasteiger partial charge in [0.25, 0.3) is 0 Å². The molecule has 0 fully saturated rings. The first-order valence-electron chi connectivity index (χ1n) is 5.73. The lowest BCUT2D eigenvalue weighted by Crippen LogP contribution is -2.20. The number of fused-ring (bicyclic) bond motifs is 1. The van der Waals surface area contributed by atoms with Crippen LogP contribution < -0.4 is 5.73 Å². The lowest BCUT2D eigenvalue weighted by molar-refractivity contribution is 0.653. The van der Waals surface area contributed by atoms with Crippen LogP contribution >= 0.6 is 0 Å². The molecule has 2 N–H and O–H groups in total. The summed E-state index contributed by atoms with van der Waals surface area (Å²) >= 11 is 0. The van der Waals surface area contributed by atoms with E-state index >= 15 is 0 Å². The lowest BCUT2D eigenvalue weighted by atomic mass is 9.94. The van der Waals surface area contributed by atoms with E-state index in [2.05, 4.69) is 21.7 Å². The molecule has 1 unspecified atom stereocenters. The minimum absolute atomic E-state index is 0.206. The average Bonchev–Trinajstić information content (AvgIpc) is 2.72. The molecule has 2 aromatic rings. The fourth-order valence-corrected chi connectivity index (χ4v) is 2.34. The normalized spacial score (nSPS) is 21.1. The Morgan fingerprint density at radius 3 is 3.19 bits per heavy atom. The van der Waals surface area contributed by atoms with Crippen LogP contribution in [-0.4, -0.2) is 15.4 Å². The highest BCUT2D eigenvalue weighted by Gasteiger charge is 2.14. The topological polar surface area (TPSA) is 43.3 Å². The predicted octanol–water partition coefficient (Wildman–Crippen LogP) is 2.23. The Kier molecular flexibility index (Phi) is 2.26. The zero-order chi connectivity index (χ0) is 11.0. The van der Waals surface area contributed by atoms with Gasteiger partial charge >= 0.3 is 0 Å². The van der Waals surface area contributed by atoms with Crippen LogP contribution in [0, 0.1) is 0 Å². The first kappa shape index (κ1) is 9.60. The number of hydrogen-bond donors (Lipinski definition) is 1. The number of rotatable bonds is 1. The van der Waals surface area contributed by atoms with Crippen LogP contribution in [0.5, 0.6) is 0 Å². The molecule has 0 saturated carbocycles. The lowest BCUT2D eigenvalue weighted by Gasteiger charge is -2.17. The van der Waals surface area contributed by atoms with Crippen LogP contribution in [0.3, 0.4) is 0 Å². The molecule has 16 heavy (non-hydrogen) atoms. The van der Waals surface area contributed by atoms with Crippen molar-refractivity contribution in [3.05, 3.63) is 42.4 Å². The second-order valence-electron chi connectivity index (χ2n) is 4.32. The Hall–Kier alpha value is -1.61. The van der Waals surface area contributed by atoms with Gasteiger partial charge in [-0.3, -0.25) is 0 Å². The van der Waals surface area contributed by atoms with Crippen LogP contribution in [0.1, 0.15) is 25.0 Å². The van der Waals surface area contributed by atoms with Crippen molar-refractivity contribution in [3.8, 4) is 0 Å². The van der Waals surface area contributed by atoms with Gasteiger partial charge in [-0.25, -0.2) is 4.98 Å². The summed E-state index contributed by atoms with van der Waals surface area (Å²) in [6.45, 7) is 0. The maximum absolute atomic E-state index is 5.97. The Bertz CT molecular complexity index is 539. The van der Waals surface area contributed by atoms with Crippen LogP contribution in [0.4, 0.5) is 0 Å². The predicted molar refractivity (Wildman–Crippen MR) is 65.0 cm³/mol. The highest BCUT2D eigenvalue weighted by molar-refractivity contribution is 5.66. The van der Waals surface area contributed by atoms with Gasteiger partial charge in [0, 0.05) is 12.2 Å². The number of pyridine rings is 1. The van der Waals surface area contributed by atoms with Gasteiger partial charge in [0.1, 0.15) is 5.65 Å². The number of imidazole rings is 1. The molecule has 3 nitrogen and oxygen atoms in total. The molecular formula is C13H15N3. The summed E-state index contributed by atoms with van der Waals surface area (Å²) in [6, 6.07) is 6.26. The maximum atomic E-state index is 5.97. The Labute approximate surface area is 94.6 Å². The largest absolute Gasteiger partial charge is 0.324 e. The number of aromatic nitrogens is 2. The van der Waals surface area contributed by atoms with E-state index < -0.39 is 0 Å². The third kappa shape index (κ3) is 1.53. The van der Waals surface area contributed by atoms with E-state index in [4.69, 9.17) is 5.73 Å². The van der Waals surface area contributed by atoms with Gasteiger partial charge in [0.15, 0.2) is 0 Å². The molecule has 1 aliphatic rings. The van der Waals surface area contributed by atoms with Crippen molar-refractivity contribution in [2.45, 2.75) is 25.3 Å². The van der Waals surface area contributed by atoms with E-state index in [1.165, 1.54) is 17.7 Å². The van der Waals surface area contributed by atoms with Gasteiger partial charge in [-0.05, 0) is 37.0 Å². The quantitative estimate of drug-likeness (QED) is 0.789. The summed E-state index contributed by atoms with van der Waals surface area (Å²) in [5.74, 6) is 0. The zero-order valence-corrected chi connectivity index (χ0v) is 9.13. The van der Waals surface area contributed by atoms with Crippen molar-refractivity contribution in [2.24, 2.45) is 5.73 Å². The number of allylic oxidation sites excluding steroid dienone is 1. The molecule has 0 spiro atoms. The SMILES string of the molecule is NC1C=C(c2cnc3ccccn23)CCC1. The fraction of sp³-hybridized carbons (Fsp3) is 0.308. The molecule has 0 bridgehead atoms. The summed E-state index contributed by atoms with van der Waals surface area (Å²) in [5.41, 5.74) is 9.48. The maximum Gasteiger partial charge on any atom is 0.137 e. The molecule has 0 radical (unpaired) electrons. The fourth-order valence-electron chi connectivity index (χ4n) is 2.34. The molecule has 1 atom stereocenters. The van der Waals surface area contributed by atoms with E-state index in [1.807, 2.05) is 24.4 Å². The summed E-state index contributed by atoms with van der Waals surface area (Å²) in [7, 11) is 0. The minimum atomic E-state index is 0.206. The highest BCUT2D eigenvalue weighted by Crippen LogP contribution is 2.26. The van der Waals surface area contributed by atoms with Gasteiger partial charge in [-0.2, -0.15) is 0 Å². The smallest absolute Gasteiger partial charge is 0.137 e. The zero-order valence-electron chi connectivity index (χ0n) is 9.13. The Morgan fingerprint density at radius 2 is 2.31 bits per heavy atom. The second-order valence-corrected chi connectivity index (χ2v) is 4.32. The van der Waals surface area contributed by atoms with E-state index in [9.17, 15) is 0 Å². The van der Waals surface area contributed by atoms with Crippen LogP contribution in [0.2, 0.25) is 0 Å². The first-order valence-corrected chi connectivity index (χ1v) is 5.73. The van der Waals surface area contributed by atoms with Crippen LogP contribution in [0.15, 0.2) is 36.7 Å². The molecule has 3 heteroatoms. The summed E-state index contributed by atoms with van der Waals surface area (Å²) in [6.07, 6.45) is 9.56. The van der Waals surface area contributed by atoms with E-state index in [1.54, 1.807) is 0 Å². The van der Waals surface area contributed by atoms with Crippen LogP contribution in [-0.2, 0) is 0 Å². The summed E-state index contributed by atoms with van der Waals surface area (Å²) in [5, 5.41) is 0. The molecule has 2 aromatic heterocycles. The minimum Gasteiger partial charge on any atom is -0.324 e.